The molecule has 21 heteroatoms. The number of carboxylic acids is 1. The minimum atomic E-state index is -0.910. The molecule has 1 heterocycles. The highest BCUT2D eigenvalue weighted by atomic mass is 16.6. The van der Waals surface area contributed by atoms with E-state index >= 15 is 0 Å². The lowest BCUT2D eigenvalue weighted by Crippen LogP contribution is -2.32. The molecule has 0 bridgehead atoms. The van der Waals surface area contributed by atoms with Crippen LogP contribution in [0.25, 0.3) is 11.0 Å². The van der Waals surface area contributed by atoms with Crippen LogP contribution in [-0.4, -0.2) is 148 Å². The summed E-state index contributed by atoms with van der Waals surface area (Å²) in [5.74, 6) is -1.88. The molecule has 61 heavy (non-hydrogen) atoms. The van der Waals surface area contributed by atoms with Gasteiger partial charge in [0.1, 0.15) is 22.6 Å². The Bertz CT molecular complexity index is 1860. The van der Waals surface area contributed by atoms with Crippen molar-refractivity contribution in [3.8, 4) is 5.75 Å². The van der Waals surface area contributed by atoms with Gasteiger partial charge in [-0.2, -0.15) is 0 Å². The third-order valence-corrected chi connectivity index (χ3v) is 8.10. The molecule has 21 nitrogen and oxygen atoms in total. The first kappa shape index (κ1) is 49.8. The summed E-state index contributed by atoms with van der Waals surface area (Å²) in [4.78, 5) is 70.6. The molecule has 0 spiro atoms. The average molecular weight is 862 g/mol. The van der Waals surface area contributed by atoms with Crippen LogP contribution in [0.4, 0.5) is 11.4 Å². The summed E-state index contributed by atoms with van der Waals surface area (Å²) in [6, 6.07) is 10.4. The number of rotatable bonds is 35. The minimum Gasteiger partial charge on any atom is -0.484 e. The lowest BCUT2D eigenvalue weighted by molar-refractivity contribution is -0.138. The Labute approximate surface area is 351 Å². The second kappa shape index (κ2) is 30.5. The number of amides is 3. The average Bonchev–Trinajstić information content (AvgIpc) is 3.24. The van der Waals surface area contributed by atoms with Crippen molar-refractivity contribution in [1.82, 2.24) is 16.0 Å². The third kappa shape index (κ3) is 21.5. The van der Waals surface area contributed by atoms with Gasteiger partial charge in [0.2, 0.25) is 0 Å². The van der Waals surface area contributed by atoms with Gasteiger partial charge >= 0.3 is 11.6 Å². The number of hydrogen-bond acceptors (Lipinski definition) is 17. The van der Waals surface area contributed by atoms with Crippen LogP contribution in [0.15, 0.2) is 56.9 Å². The van der Waals surface area contributed by atoms with Gasteiger partial charge in [-0.15, -0.1) is 4.91 Å². The van der Waals surface area contributed by atoms with Crippen LogP contribution in [0.5, 0.6) is 5.75 Å². The number of carbonyl (C=O) groups is 4. The summed E-state index contributed by atoms with van der Waals surface area (Å²) in [7, 11) is 0. The van der Waals surface area contributed by atoms with Crippen LogP contribution in [0, 0.1) is 4.91 Å². The minimum absolute atomic E-state index is 0.0443. The predicted octanol–water partition coefficient (Wildman–Crippen LogP) is 1.80. The van der Waals surface area contributed by atoms with Crippen molar-refractivity contribution in [3.05, 3.63) is 68.9 Å². The number of nitrogens with one attached hydrogen (secondary N) is 3. The number of anilines is 1. The Hall–Kier alpha value is -5.55. The molecular weight excluding hydrogens is 806 g/mol. The van der Waals surface area contributed by atoms with Gasteiger partial charge in [0.25, 0.3) is 17.7 Å². The molecule has 0 atom stereocenters. The van der Waals surface area contributed by atoms with Crippen LogP contribution in [-0.2, 0) is 42.7 Å². The Morgan fingerprint density at radius 3 is 1.77 bits per heavy atom. The van der Waals surface area contributed by atoms with E-state index < -0.39 is 17.5 Å². The van der Waals surface area contributed by atoms with Gasteiger partial charge in [-0.25, -0.2) is 4.79 Å². The van der Waals surface area contributed by atoms with Gasteiger partial charge in [-0.05, 0) is 54.4 Å². The number of benzene rings is 2. The van der Waals surface area contributed by atoms with Gasteiger partial charge < -0.3 is 69.1 Å². The standard InChI is InChI=1S/C40H55N5O16/c41-33-26-30(4-6-34(33)45-52)38(49)43-8-1-11-53-15-19-57-20-16-54-12-2-9-44-39(50)32-25-29-3-5-31(27-35(29)61-40(32)51)60-28-36(46)42-10-14-56-18-22-59-24-23-58-21-17-55-13-7-37(47)48/h3-6,25-27H,1-2,7-24,28,41H2,(H,42,46)(H,43,49)(H,44,50)(H,47,48). The summed E-state index contributed by atoms with van der Waals surface area (Å²) >= 11 is 0. The molecule has 1 aromatic heterocycles. The van der Waals surface area contributed by atoms with Crippen LogP contribution < -0.4 is 32.0 Å². The first-order chi connectivity index (χ1) is 29.7. The molecule has 0 saturated carbocycles. The Morgan fingerprint density at radius 1 is 0.639 bits per heavy atom. The van der Waals surface area contributed by atoms with Gasteiger partial charge in [0.15, 0.2) is 6.61 Å². The maximum Gasteiger partial charge on any atom is 0.349 e. The van der Waals surface area contributed by atoms with Gasteiger partial charge in [-0.1, -0.05) is 0 Å². The molecule has 0 aliphatic carbocycles. The van der Waals surface area contributed by atoms with E-state index in [4.69, 9.17) is 53.2 Å². The molecule has 0 aliphatic rings. The Kier molecular flexibility index (Phi) is 24.9. The SMILES string of the molecule is Nc1cc(C(=O)NCCCOCCOCCOCCCNC(=O)c2cc3ccc(OCC(=O)NCCOCCOCCOCCOCCC(=O)O)cc3oc2=O)ccc1N=O. The first-order valence-corrected chi connectivity index (χ1v) is 19.7. The van der Waals surface area contributed by atoms with Crippen LogP contribution in [0.3, 0.4) is 0 Å². The summed E-state index contributed by atoms with van der Waals surface area (Å²) in [5, 5.41) is 19.9. The molecule has 0 saturated heterocycles. The maximum absolute atomic E-state index is 12.7. The summed E-state index contributed by atoms with van der Waals surface area (Å²) < 4.78 is 48.6. The number of nitrogens with two attached hydrogens (primary N) is 1. The molecule has 3 rings (SSSR count). The largest absolute Gasteiger partial charge is 0.484 e. The van der Waals surface area contributed by atoms with E-state index in [1.807, 2.05) is 0 Å². The van der Waals surface area contributed by atoms with Crippen LogP contribution in [0.1, 0.15) is 40.0 Å². The second-order valence-corrected chi connectivity index (χ2v) is 12.8. The van der Waals surface area contributed by atoms with Crippen molar-refractivity contribution in [2.24, 2.45) is 5.18 Å². The van der Waals surface area contributed by atoms with E-state index in [0.29, 0.717) is 115 Å². The first-order valence-electron chi connectivity index (χ1n) is 19.7. The van der Waals surface area contributed by atoms with Crippen molar-refractivity contribution >= 4 is 46.0 Å². The monoisotopic (exact) mass is 861 g/mol. The van der Waals surface area contributed by atoms with Gasteiger partial charge in [-0.3, -0.25) is 19.2 Å². The fourth-order valence-corrected chi connectivity index (χ4v) is 4.99. The maximum atomic E-state index is 12.7. The fourth-order valence-electron chi connectivity index (χ4n) is 4.99. The molecule has 0 radical (unpaired) electrons. The zero-order valence-electron chi connectivity index (χ0n) is 34.0. The number of ether oxygens (including phenoxy) is 8. The molecule has 2 aromatic carbocycles. The third-order valence-electron chi connectivity index (χ3n) is 8.10. The van der Waals surface area contributed by atoms with E-state index in [9.17, 15) is 28.9 Å². The zero-order valence-corrected chi connectivity index (χ0v) is 34.0. The highest BCUT2D eigenvalue weighted by Crippen LogP contribution is 2.23. The zero-order chi connectivity index (χ0) is 43.9. The van der Waals surface area contributed by atoms with Crippen molar-refractivity contribution in [2.75, 3.05) is 124 Å². The van der Waals surface area contributed by atoms with E-state index in [-0.39, 0.29) is 73.7 Å². The number of carboxylic acid groups (broad SMARTS) is 1. The lowest BCUT2D eigenvalue weighted by atomic mass is 10.1. The van der Waals surface area contributed by atoms with E-state index in [2.05, 4.69) is 21.1 Å². The number of hydrogen-bond donors (Lipinski definition) is 5. The highest BCUT2D eigenvalue weighted by molar-refractivity contribution is 5.97. The quantitative estimate of drug-likeness (QED) is 0.0244. The second-order valence-electron chi connectivity index (χ2n) is 12.8. The smallest absolute Gasteiger partial charge is 0.349 e. The summed E-state index contributed by atoms with van der Waals surface area (Å²) in [6.07, 6.45) is 1.06. The van der Waals surface area contributed by atoms with E-state index in [1.165, 1.54) is 30.3 Å². The number of aliphatic carboxylic acids is 1. The van der Waals surface area contributed by atoms with Crippen molar-refractivity contribution in [2.45, 2.75) is 19.3 Å². The molecule has 0 fully saturated rings. The molecule has 3 amide bonds. The molecular formula is C40H55N5O16. The fraction of sp³-hybridized carbons (Fsp3) is 0.525. The van der Waals surface area contributed by atoms with E-state index in [1.54, 1.807) is 12.1 Å². The topological polar surface area (TPSA) is 284 Å². The highest BCUT2D eigenvalue weighted by Gasteiger charge is 2.14. The number of carbonyl (C=O) groups excluding carboxylic acids is 3. The Balaban J connectivity index is 1.14. The summed E-state index contributed by atoms with van der Waals surface area (Å²) in [6.45, 7) is 5.39. The van der Waals surface area contributed by atoms with Crippen molar-refractivity contribution in [1.29, 1.82) is 0 Å². The molecule has 0 unspecified atom stereocenters. The van der Waals surface area contributed by atoms with Crippen molar-refractivity contribution in [3.63, 3.8) is 0 Å². The van der Waals surface area contributed by atoms with E-state index in [0.717, 1.165) is 0 Å². The molecule has 6 N–H and O–H groups in total. The number of nitrogen functional groups attached to an aromatic ring is 1. The van der Waals surface area contributed by atoms with Gasteiger partial charge in [0, 0.05) is 49.9 Å². The number of nitrogens with zero attached hydrogens (tertiary/aromatic N) is 1. The van der Waals surface area contributed by atoms with Crippen molar-refractivity contribution < 1.29 is 66.6 Å². The normalized spacial score (nSPS) is 11.0. The number of fused-ring (bicyclic) bond motifs is 1. The number of nitroso groups, excluding NO2 is 1. The molecule has 3 aromatic rings. The predicted molar refractivity (Wildman–Crippen MR) is 219 cm³/mol. The van der Waals surface area contributed by atoms with Gasteiger partial charge in [0.05, 0.1) is 91.4 Å². The lowest BCUT2D eigenvalue weighted by Gasteiger charge is -2.10. The van der Waals surface area contributed by atoms with Crippen LogP contribution in [0.2, 0.25) is 0 Å². The van der Waals surface area contributed by atoms with Crippen LogP contribution >= 0.6 is 0 Å². The summed E-state index contributed by atoms with van der Waals surface area (Å²) in [5.41, 5.74) is 5.47. The molecule has 336 valence electrons. The molecule has 0 aliphatic heterocycles. The Morgan fingerprint density at radius 2 is 1.20 bits per heavy atom.